The molecule has 0 saturated carbocycles. The minimum Gasteiger partial charge on any atom is -0.396 e. The van der Waals surface area contributed by atoms with E-state index in [0.717, 1.165) is 38.8 Å². The van der Waals surface area contributed by atoms with Crippen LogP contribution in [0.2, 0.25) is 0 Å². The first kappa shape index (κ1) is 13.9. The van der Waals surface area contributed by atoms with Gasteiger partial charge in [0.25, 0.3) is 5.91 Å². The summed E-state index contributed by atoms with van der Waals surface area (Å²) >= 11 is 0. The lowest BCUT2D eigenvalue weighted by molar-refractivity contribution is 0.0602. The molecular formula is C14H24N4O. The lowest BCUT2D eigenvalue weighted by Crippen LogP contribution is -2.43. The normalized spacial score (nSPS) is 19.7. The quantitative estimate of drug-likeness (QED) is 0.907. The zero-order valence-electron chi connectivity index (χ0n) is 11.9. The van der Waals surface area contributed by atoms with Crippen LogP contribution >= 0.6 is 0 Å². The number of hydrogen-bond acceptors (Lipinski definition) is 3. The van der Waals surface area contributed by atoms with Gasteiger partial charge in [-0.1, -0.05) is 13.8 Å². The lowest BCUT2D eigenvalue weighted by Gasteiger charge is -2.34. The molecule has 19 heavy (non-hydrogen) atoms. The molecule has 106 valence electrons. The molecule has 0 radical (unpaired) electrons. The standard InChI is InChI=1S/C14H24N4O/c1-3-8-17-10-12(15)13(16-17)14(19)18-9-6-5-7-11(18)4-2/h10-11H,3-9,15H2,1-2H3. The maximum absolute atomic E-state index is 12.6. The van der Waals surface area contributed by atoms with Crippen LogP contribution in [0.5, 0.6) is 0 Å². The Hall–Kier alpha value is -1.52. The van der Waals surface area contributed by atoms with E-state index >= 15 is 0 Å². The predicted molar refractivity (Wildman–Crippen MR) is 75.9 cm³/mol. The molecule has 2 N–H and O–H groups in total. The highest BCUT2D eigenvalue weighted by Crippen LogP contribution is 2.23. The number of rotatable bonds is 4. The molecule has 1 fully saturated rings. The fourth-order valence-electron chi connectivity index (χ4n) is 2.78. The van der Waals surface area contributed by atoms with Crippen molar-refractivity contribution in [3.05, 3.63) is 11.9 Å². The number of nitrogens with two attached hydrogens (primary N) is 1. The van der Waals surface area contributed by atoms with Gasteiger partial charge in [0, 0.05) is 25.3 Å². The maximum atomic E-state index is 12.6. The van der Waals surface area contributed by atoms with Crippen molar-refractivity contribution in [3.63, 3.8) is 0 Å². The molecule has 1 aromatic heterocycles. The third kappa shape index (κ3) is 2.91. The van der Waals surface area contributed by atoms with Crippen LogP contribution in [0, 0.1) is 0 Å². The van der Waals surface area contributed by atoms with Crippen molar-refractivity contribution in [2.75, 3.05) is 12.3 Å². The molecule has 1 aliphatic rings. The van der Waals surface area contributed by atoms with Crippen molar-refractivity contribution >= 4 is 11.6 Å². The number of aromatic nitrogens is 2. The minimum absolute atomic E-state index is 0.00102. The van der Waals surface area contributed by atoms with Crippen LogP contribution in [0.15, 0.2) is 6.20 Å². The summed E-state index contributed by atoms with van der Waals surface area (Å²) in [6, 6.07) is 0.344. The molecule has 5 nitrogen and oxygen atoms in total. The largest absolute Gasteiger partial charge is 0.396 e. The summed E-state index contributed by atoms with van der Waals surface area (Å²) in [7, 11) is 0. The zero-order valence-corrected chi connectivity index (χ0v) is 11.9. The van der Waals surface area contributed by atoms with Crippen molar-refractivity contribution < 1.29 is 4.79 Å². The average molecular weight is 264 g/mol. The van der Waals surface area contributed by atoms with Gasteiger partial charge in [-0.3, -0.25) is 9.48 Å². The monoisotopic (exact) mass is 264 g/mol. The van der Waals surface area contributed by atoms with Gasteiger partial charge in [-0.15, -0.1) is 0 Å². The molecule has 1 unspecified atom stereocenters. The van der Waals surface area contributed by atoms with E-state index in [-0.39, 0.29) is 5.91 Å². The molecule has 1 saturated heterocycles. The zero-order chi connectivity index (χ0) is 13.8. The van der Waals surface area contributed by atoms with Crippen molar-refractivity contribution in [1.29, 1.82) is 0 Å². The van der Waals surface area contributed by atoms with Gasteiger partial charge in [0.2, 0.25) is 0 Å². The Morgan fingerprint density at radius 3 is 2.95 bits per heavy atom. The van der Waals surface area contributed by atoms with E-state index in [4.69, 9.17) is 5.73 Å². The van der Waals surface area contributed by atoms with Crippen molar-refractivity contribution in [1.82, 2.24) is 14.7 Å². The van der Waals surface area contributed by atoms with E-state index in [1.807, 2.05) is 4.90 Å². The topological polar surface area (TPSA) is 64.2 Å². The van der Waals surface area contributed by atoms with E-state index in [0.29, 0.717) is 17.4 Å². The van der Waals surface area contributed by atoms with Gasteiger partial charge in [-0.25, -0.2) is 0 Å². The highest BCUT2D eigenvalue weighted by molar-refractivity contribution is 5.97. The molecule has 5 heteroatoms. The van der Waals surface area contributed by atoms with E-state index < -0.39 is 0 Å². The summed E-state index contributed by atoms with van der Waals surface area (Å²) in [5.74, 6) is -0.00102. The molecule has 0 aromatic carbocycles. The van der Waals surface area contributed by atoms with Crippen LogP contribution in [0.3, 0.4) is 0 Å². The number of aryl methyl sites for hydroxylation is 1. The molecule has 1 aromatic rings. The van der Waals surface area contributed by atoms with Crippen LogP contribution in [0.4, 0.5) is 5.69 Å². The Bertz CT molecular complexity index is 441. The summed E-state index contributed by atoms with van der Waals surface area (Å²) in [6.07, 6.45) is 7.14. The molecule has 0 spiro atoms. The second-order valence-corrected chi connectivity index (χ2v) is 5.25. The Morgan fingerprint density at radius 1 is 1.47 bits per heavy atom. The van der Waals surface area contributed by atoms with Crippen LogP contribution in [-0.2, 0) is 6.54 Å². The fraction of sp³-hybridized carbons (Fsp3) is 0.714. The minimum atomic E-state index is -0.00102. The highest BCUT2D eigenvalue weighted by atomic mass is 16.2. The van der Waals surface area contributed by atoms with E-state index in [1.54, 1.807) is 10.9 Å². The molecule has 1 aliphatic heterocycles. The van der Waals surface area contributed by atoms with Crippen LogP contribution in [-0.4, -0.2) is 33.2 Å². The Morgan fingerprint density at radius 2 is 2.26 bits per heavy atom. The number of nitrogens with zero attached hydrogens (tertiary/aromatic N) is 3. The smallest absolute Gasteiger partial charge is 0.276 e. The van der Waals surface area contributed by atoms with Crippen LogP contribution in [0.1, 0.15) is 56.4 Å². The number of carbonyl (C=O) groups excluding carboxylic acids is 1. The first-order valence-electron chi connectivity index (χ1n) is 7.31. The molecular weight excluding hydrogens is 240 g/mol. The first-order chi connectivity index (χ1) is 9.17. The van der Waals surface area contributed by atoms with Crippen molar-refractivity contribution in [3.8, 4) is 0 Å². The average Bonchev–Trinajstić information content (AvgIpc) is 2.79. The third-order valence-corrected chi connectivity index (χ3v) is 3.80. The third-order valence-electron chi connectivity index (χ3n) is 3.80. The SMILES string of the molecule is CCCn1cc(N)c(C(=O)N2CCCCC2CC)n1. The molecule has 0 bridgehead atoms. The molecule has 0 aliphatic carbocycles. The Kier molecular flexibility index (Phi) is 4.45. The van der Waals surface area contributed by atoms with E-state index in [1.165, 1.54) is 6.42 Å². The summed E-state index contributed by atoms with van der Waals surface area (Å²) in [6.45, 7) is 5.85. The van der Waals surface area contributed by atoms with Gasteiger partial charge < -0.3 is 10.6 Å². The van der Waals surface area contributed by atoms with Crippen molar-refractivity contribution in [2.24, 2.45) is 0 Å². The summed E-state index contributed by atoms with van der Waals surface area (Å²) < 4.78 is 1.77. The molecule has 1 atom stereocenters. The molecule has 1 amide bonds. The predicted octanol–water partition coefficient (Wildman–Crippen LogP) is 2.28. The van der Waals surface area contributed by atoms with Crippen LogP contribution in [0.25, 0.3) is 0 Å². The van der Waals surface area contributed by atoms with E-state index in [9.17, 15) is 4.79 Å². The number of likely N-dealkylation sites (tertiary alicyclic amines) is 1. The fourth-order valence-corrected chi connectivity index (χ4v) is 2.78. The van der Waals surface area contributed by atoms with Crippen LogP contribution < -0.4 is 5.73 Å². The molecule has 2 rings (SSSR count). The second kappa shape index (κ2) is 6.08. The molecule has 2 heterocycles. The number of piperidine rings is 1. The second-order valence-electron chi connectivity index (χ2n) is 5.25. The number of nitrogen functional groups attached to an aromatic ring is 1. The summed E-state index contributed by atoms with van der Waals surface area (Å²) in [5.41, 5.74) is 6.86. The van der Waals surface area contributed by atoms with Gasteiger partial charge in [-0.2, -0.15) is 5.10 Å². The lowest BCUT2D eigenvalue weighted by atomic mass is 9.99. The number of carbonyl (C=O) groups is 1. The number of hydrogen-bond donors (Lipinski definition) is 1. The highest BCUT2D eigenvalue weighted by Gasteiger charge is 2.28. The number of amides is 1. The summed E-state index contributed by atoms with van der Waals surface area (Å²) in [4.78, 5) is 14.5. The maximum Gasteiger partial charge on any atom is 0.276 e. The first-order valence-corrected chi connectivity index (χ1v) is 7.31. The Balaban J connectivity index is 2.17. The van der Waals surface area contributed by atoms with Crippen molar-refractivity contribution in [2.45, 2.75) is 58.5 Å². The summed E-state index contributed by atoms with van der Waals surface area (Å²) in [5, 5.41) is 4.34. The van der Waals surface area contributed by atoms with Gasteiger partial charge in [0.15, 0.2) is 5.69 Å². The van der Waals surface area contributed by atoms with Gasteiger partial charge in [0.05, 0.1) is 5.69 Å². The number of anilines is 1. The Labute approximate surface area is 114 Å². The van der Waals surface area contributed by atoms with Gasteiger partial charge in [-0.05, 0) is 32.1 Å². The van der Waals surface area contributed by atoms with Gasteiger partial charge in [0.1, 0.15) is 0 Å². The van der Waals surface area contributed by atoms with E-state index in [2.05, 4.69) is 18.9 Å². The van der Waals surface area contributed by atoms with Gasteiger partial charge >= 0.3 is 0 Å².